The minimum Gasteiger partial charge on any atom is -0.352 e. The third kappa shape index (κ3) is 5.75. The molecule has 3 aromatic carbocycles. The lowest BCUT2D eigenvalue weighted by molar-refractivity contribution is -0.126. The summed E-state index contributed by atoms with van der Waals surface area (Å²) in [6.45, 7) is 5.99. The summed E-state index contributed by atoms with van der Waals surface area (Å²) in [5.74, 6) is 1.30. The first-order valence-electron chi connectivity index (χ1n) is 12.3. The van der Waals surface area contributed by atoms with Crippen LogP contribution in [0.2, 0.25) is 5.02 Å². The van der Waals surface area contributed by atoms with E-state index in [1.807, 2.05) is 24.3 Å². The molecule has 35 heavy (non-hydrogen) atoms. The second-order valence-electron chi connectivity index (χ2n) is 9.49. The molecular formula is C29H31ClN4O. The summed E-state index contributed by atoms with van der Waals surface area (Å²) in [5, 5.41) is 3.88. The van der Waals surface area contributed by atoms with Gasteiger partial charge in [0.05, 0.1) is 17.6 Å². The Balaban J connectivity index is 1.22. The second kappa shape index (κ2) is 10.6. The van der Waals surface area contributed by atoms with Crippen LogP contribution in [0, 0.1) is 12.8 Å². The van der Waals surface area contributed by atoms with Gasteiger partial charge in [0, 0.05) is 24.0 Å². The van der Waals surface area contributed by atoms with Crippen molar-refractivity contribution in [3.63, 3.8) is 0 Å². The number of aryl methyl sites for hydroxylation is 1. The standard InChI is InChI=1S/C29H31ClN4O/c1-21-5-4-6-23(17-21)18-31-29(35)24-13-15-33(16-14-24)20-28-32-26-7-2-3-8-27(26)34(28)19-22-9-11-25(30)12-10-22/h2-12,17,24H,13-16,18-20H2,1H3,(H,31,35). The highest BCUT2D eigenvalue weighted by atomic mass is 35.5. The van der Waals surface area contributed by atoms with E-state index >= 15 is 0 Å². The number of hydrogen-bond donors (Lipinski definition) is 1. The van der Waals surface area contributed by atoms with Crippen LogP contribution < -0.4 is 5.32 Å². The molecule has 0 atom stereocenters. The predicted octanol–water partition coefficient (Wildman–Crippen LogP) is 5.57. The van der Waals surface area contributed by atoms with Crippen molar-refractivity contribution in [1.29, 1.82) is 0 Å². The first kappa shape index (κ1) is 23.6. The molecule has 180 valence electrons. The van der Waals surface area contributed by atoms with E-state index in [2.05, 4.69) is 70.2 Å². The smallest absolute Gasteiger partial charge is 0.223 e. The number of halogens is 1. The topological polar surface area (TPSA) is 50.2 Å². The molecule has 5 nitrogen and oxygen atoms in total. The first-order chi connectivity index (χ1) is 17.0. The molecule has 1 fully saturated rings. The Bertz CT molecular complexity index is 1310. The van der Waals surface area contributed by atoms with Crippen LogP contribution in [0.5, 0.6) is 0 Å². The Kier molecular flexibility index (Phi) is 7.16. The van der Waals surface area contributed by atoms with Crippen LogP contribution in [-0.2, 0) is 24.4 Å². The van der Waals surface area contributed by atoms with Gasteiger partial charge in [-0.1, -0.05) is 65.7 Å². The molecule has 0 spiro atoms. The molecule has 1 N–H and O–H groups in total. The minimum absolute atomic E-state index is 0.0731. The van der Waals surface area contributed by atoms with Gasteiger partial charge in [-0.05, 0) is 68.2 Å². The summed E-state index contributed by atoms with van der Waals surface area (Å²) in [6.07, 6.45) is 1.74. The number of para-hydroxylation sites is 2. The van der Waals surface area contributed by atoms with Crippen LogP contribution in [0.1, 0.15) is 35.4 Å². The number of piperidine rings is 1. The lowest BCUT2D eigenvalue weighted by atomic mass is 9.95. The third-order valence-electron chi connectivity index (χ3n) is 6.86. The number of amides is 1. The van der Waals surface area contributed by atoms with E-state index < -0.39 is 0 Å². The lowest BCUT2D eigenvalue weighted by Gasteiger charge is -2.31. The van der Waals surface area contributed by atoms with E-state index in [4.69, 9.17) is 16.6 Å². The van der Waals surface area contributed by atoms with Crippen molar-refractivity contribution >= 4 is 28.5 Å². The maximum Gasteiger partial charge on any atom is 0.223 e. The van der Waals surface area contributed by atoms with Crippen LogP contribution >= 0.6 is 11.6 Å². The zero-order chi connectivity index (χ0) is 24.2. The number of rotatable bonds is 7. The largest absolute Gasteiger partial charge is 0.352 e. The summed E-state index contributed by atoms with van der Waals surface area (Å²) in [5.41, 5.74) is 5.72. The number of imidazole rings is 1. The molecule has 0 saturated carbocycles. The van der Waals surface area contributed by atoms with Crippen LogP contribution in [0.25, 0.3) is 11.0 Å². The molecule has 0 unspecified atom stereocenters. The van der Waals surface area contributed by atoms with E-state index in [1.165, 1.54) is 11.1 Å². The maximum atomic E-state index is 12.8. The van der Waals surface area contributed by atoms with Gasteiger partial charge in [0.25, 0.3) is 0 Å². The number of nitrogens with one attached hydrogen (secondary N) is 1. The summed E-state index contributed by atoms with van der Waals surface area (Å²) in [4.78, 5) is 20.1. The van der Waals surface area contributed by atoms with Gasteiger partial charge in [-0.15, -0.1) is 0 Å². The Morgan fingerprint density at radius 1 is 0.971 bits per heavy atom. The number of fused-ring (bicyclic) bond motifs is 1. The van der Waals surface area contributed by atoms with E-state index in [1.54, 1.807) is 0 Å². The Morgan fingerprint density at radius 3 is 2.51 bits per heavy atom. The normalized spacial score (nSPS) is 14.9. The number of carbonyl (C=O) groups excluding carboxylic acids is 1. The van der Waals surface area contributed by atoms with Gasteiger partial charge in [0.15, 0.2) is 0 Å². The molecule has 6 heteroatoms. The fraction of sp³-hybridized carbons (Fsp3) is 0.310. The van der Waals surface area contributed by atoms with Gasteiger partial charge >= 0.3 is 0 Å². The summed E-state index contributed by atoms with van der Waals surface area (Å²) < 4.78 is 2.30. The fourth-order valence-electron chi connectivity index (χ4n) is 4.90. The van der Waals surface area contributed by atoms with Gasteiger partial charge in [-0.2, -0.15) is 0 Å². The molecule has 1 aliphatic heterocycles. The lowest BCUT2D eigenvalue weighted by Crippen LogP contribution is -2.40. The summed E-state index contributed by atoms with van der Waals surface area (Å²) in [7, 11) is 0. The molecule has 4 aromatic rings. The van der Waals surface area contributed by atoms with Gasteiger partial charge < -0.3 is 9.88 Å². The monoisotopic (exact) mass is 486 g/mol. The van der Waals surface area contributed by atoms with E-state index in [9.17, 15) is 4.79 Å². The quantitative estimate of drug-likeness (QED) is 0.371. The summed E-state index contributed by atoms with van der Waals surface area (Å²) in [6, 6.07) is 24.6. The van der Waals surface area contributed by atoms with Crippen molar-refractivity contribution in [3.8, 4) is 0 Å². The average Bonchev–Trinajstić information content (AvgIpc) is 3.21. The van der Waals surface area contributed by atoms with Crippen LogP contribution in [0.4, 0.5) is 0 Å². The van der Waals surface area contributed by atoms with Gasteiger partial charge in [-0.25, -0.2) is 4.98 Å². The van der Waals surface area contributed by atoms with Crippen molar-refractivity contribution in [2.75, 3.05) is 13.1 Å². The Labute approximate surface area is 211 Å². The molecular weight excluding hydrogens is 456 g/mol. The SMILES string of the molecule is Cc1cccc(CNC(=O)C2CCN(Cc3nc4ccccc4n3Cc3ccc(Cl)cc3)CC2)c1. The van der Waals surface area contributed by atoms with Crippen molar-refractivity contribution in [1.82, 2.24) is 19.8 Å². The maximum absolute atomic E-state index is 12.8. The molecule has 1 aliphatic rings. The molecule has 2 heterocycles. The molecule has 1 saturated heterocycles. The van der Waals surface area contributed by atoms with Gasteiger partial charge in [0.1, 0.15) is 5.82 Å². The van der Waals surface area contributed by atoms with Crippen molar-refractivity contribution in [2.45, 2.75) is 39.4 Å². The van der Waals surface area contributed by atoms with E-state index in [0.29, 0.717) is 6.54 Å². The molecule has 0 bridgehead atoms. The molecule has 1 aromatic heterocycles. The van der Waals surface area contributed by atoms with E-state index in [-0.39, 0.29) is 11.8 Å². The second-order valence-corrected chi connectivity index (χ2v) is 9.92. The fourth-order valence-corrected chi connectivity index (χ4v) is 5.03. The zero-order valence-corrected chi connectivity index (χ0v) is 20.8. The molecule has 5 rings (SSSR count). The number of nitrogens with zero attached hydrogens (tertiary/aromatic N) is 3. The predicted molar refractivity (Wildman–Crippen MR) is 141 cm³/mol. The van der Waals surface area contributed by atoms with Crippen LogP contribution in [-0.4, -0.2) is 33.4 Å². The number of carbonyl (C=O) groups is 1. The number of aromatic nitrogens is 2. The minimum atomic E-state index is 0.0731. The van der Waals surface area contributed by atoms with Crippen LogP contribution in [0.15, 0.2) is 72.8 Å². The van der Waals surface area contributed by atoms with Crippen molar-refractivity contribution in [2.24, 2.45) is 5.92 Å². The van der Waals surface area contributed by atoms with Gasteiger partial charge in [-0.3, -0.25) is 9.69 Å². The number of hydrogen-bond acceptors (Lipinski definition) is 3. The molecule has 0 radical (unpaired) electrons. The Morgan fingerprint density at radius 2 is 1.74 bits per heavy atom. The molecule has 0 aliphatic carbocycles. The van der Waals surface area contributed by atoms with Crippen molar-refractivity contribution in [3.05, 3.63) is 100 Å². The Hall–Kier alpha value is -3.15. The summed E-state index contributed by atoms with van der Waals surface area (Å²) >= 11 is 6.09. The zero-order valence-electron chi connectivity index (χ0n) is 20.1. The number of benzene rings is 3. The highest BCUT2D eigenvalue weighted by molar-refractivity contribution is 6.30. The average molecular weight is 487 g/mol. The molecule has 1 amide bonds. The van der Waals surface area contributed by atoms with E-state index in [0.717, 1.165) is 66.5 Å². The van der Waals surface area contributed by atoms with Gasteiger partial charge in [0.2, 0.25) is 5.91 Å². The first-order valence-corrected chi connectivity index (χ1v) is 12.7. The third-order valence-corrected chi connectivity index (χ3v) is 7.11. The highest BCUT2D eigenvalue weighted by Gasteiger charge is 2.26. The number of likely N-dealkylation sites (tertiary alicyclic amines) is 1. The highest BCUT2D eigenvalue weighted by Crippen LogP contribution is 2.23. The van der Waals surface area contributed by atoms with Crippen LogP contribution in [0.3, 0.4) is 0 Å². The van der Waals surface area contributed by atoms with Crippen molar-refractivity contribution < 1.29 is 4.79 Å².